The Morgan fingerprint density at radius 3 is 2.94 bits per heavy atom. The quantitative estimate of drug-likeness (QED) is 0.864. The summed E-state index contributed by atoms with van der Waals surface area (Å²) in [5, 5.41) is 0. The Hall–Kier alpha value is -1.35. The van der Waals surface area contributed by atoms with Gasteiger partial charge in [0.1, 0.15) is 0 Å². The molecule has 3 nitrogen and oxygen atoms in total. The number of hydrogen-bond donors (Lipinski definition) is 1. The molecule has 0 aliphatic carbocycles. The molecular weight excluding hydrogens is 212 g/mol. The first-order chi connectivity index (χ1) is 8.22. The van der Waals surface area contributed by atoms with E-state index in [9.17, 15) is 4.79 Å². The third-order valence-electron chi connectivity index (χ3n) is 3.52. The molecule has 2 N–H and O–H groups in total. The van der Waals surface area contributed by atoms with Crippen LogP contribution in [0.2, 0.25) is 0 Å². The van der Waals surface area contributed by atoms with E-state index in [0.717, 1.165) is 43.6 Å². The molecule has 1 aromatic carbocycles. The fourth-order valence-corrected chi connectivity index (χ4v) is 2.47. The van der Waals surface area contributed by atoms with E-state index < -0.39 is 0 Å². The number of amides is 1. The molecule has 1 aliphatic heterocycles. The first-order valence-electron chi connectivity index (χ1n) is 6.27. The van der Waals surface area contributed by atoms with Crippen molar-refractivity contribution in [2.24, 2.45) is 11.7 Å². The molecule has 1 atom stereocenters. The van der Waals surface area contributed by atoms with Crippen LogP contribution in [0.25, 0.3) is 0 Å². The van der Waals surface area contributed by atoms with Gasteiger partial charge in [-0.15, -0.1) is 0 Å². The molecule has 1 amide bonds. The molecule has 1 unspecified atom stereocenters. The van der Waals surface area contributed by atoms with Gasteiger partial charge in [0.15, 0.2) is 0 Å². The topological polar surface area (TPSA) is 46.3 Å². The lowest BCUT2D eigenvalue weighted by Gasteiger charge is -2.17. The number of carbonyl (C=O) groups is 1. The van der Waals surface area contributed by atoms with Gasteiger partial charge in [0, 0.05) is 18.7 Å². The van der Waals surface area contributed by atoms with Gasteiger partial charge in [-0.1, -0.05) is 18.2 Å². The lowest BCUT2D eigenvalue weighted by molar-refractivity contribution is 0.0786. The number of likely N-dealkylation sites (tertiary alicyclic amines) is 1. The first-order valence-corrected chi connectivity index (χ1v) is 6.27. The fraction of sp³-hybridized carbons (Fsp3) is 0.500. The number of carbonyl (C=O) groups excluding carboxylic acids is 1. The number of aryl methyl sites for hydroxylation is 1. The molecule has 0 aromatic heterocycles. The standard InChI is InChI=1S/C14H20N2O/c1-11-4-2-3-5-13(11)14(17)16-9-7-12(10-16)6-8-15/h2-5,12H,6-10,15H2,1H3. The number of nitrogens with two attached hydrogens (primary N) is 1. The monoisotopic (exact) mass is 232 g/mol. The van der Waals surface area contributed by atoms with Crippen LogP contribution in [0, 0.1) is 12.8 Å². The van der Waals surface area contributed by atoms with Crippen LogP contribution in [-0.4, -0.2) is 30.4 Å². The van der Waals surface area contributed by atoms with Crippen LogP contribution in [0.3, 0.4) is 0 Å². The zero-order valence-corrected chi connectivity index (χ0v) is 10.4. The van der Waals surface area contributed by atoms with Gasteiger partial charge in [0.05, 0.1) is 0 Å². The lowest BCUT2D eigenvalue weighted by Crippen LogP contribution is -2.29. The van der Waals surface area contributed by atoms with Gasteiger partial charge in [0.25, 0.3) is 5.91 Å². The summed E-state index contributed by atoms with van der Waals surface area (Å²) in [4.78, 5) is 14.3. The average Bonchev–Trinajstić information content (AvgIpc) is 2.78. The van der Waals surface area contributed by atoms with Gasteiger partial charge < -0.3 is 10.6 Å². The Bertz CT molecular complexity index is 403. The summed E-state index contributed by atoms with van der Waals surface area (Å²) in [6.45, 7) is 4.44. The van der Waals surface area contributed by atoms with Crippen molar-refractivity contribution in [1.82, 2.24) is 4.90 Å². The molecule has 92 valence electrons. The van der Waals surface area contributed by atoms with Crippen LogP contribution in [0.1, 0.15) is 28.8 Å². The van der Waals surface area contributed by atoms with Crippen molar-refractivity contribution in [3.05, 3.63) is 35.4 Å². The van der Waals surface area contributed by atoms with Crippen molar-refractivity contribution in [3.8, 4) is 0 Å². The third kappa shape index (κ3) is 2.67. The van der Waals surface area contributed by atoms with Crippen molar-refractivity contribution in [2.75, 3.05) is 19.6 Å². The van der Waals surface area contributed by atoms with E-state index in [4.69, 9.17) is 5.73 Å². The molecular formula is C14H20N2O. The molecule has 1 heterocycles. The highest BCUT2D eigenvalue weighted by atomic mass is 16.2. The van der Waals surface area contributed by atoms with Crippen molar-refractivity contribution >= 4 is 5.91 Å². The minimum Gasteiger partial charge on any atom is -0.338 e. The van der Waals surface area contributed by atoms with Crippen molar-refractivity contribution in [3.63, 3.8) is 0 Å². The van der Waals surface area contributed by atoms with E-state index in [1.54, 1.807) is 0 Å². The molecule has 0 radical (unpaired) electrons. The second-order valence-corrected chi connectivity index (χ2v) is 4.80. The van der Waals surface area contributed by atoms with E-state index in [1.807, 2.05) is 36.1 Å². The molecule has 1 fully saturated rings. The Kier molecular flexibility index (Phi) is 3.79. The number of benzene rings is 1. The summed E-state index contributed by atoms with van der Waals surface area (Å²) >= 11 is 0. The summed E-state index contributed by atoms with van der Waals surface area (Å²) in [5.41, 5.74) is 7.45. The summed E-state index contributed by atoms with van der Waals surface area (Å²) in [7, 11) is 0. The smallest absolute Gasteiger partial charge is 0.254 e. The highest BCUT2D eigenvalue weighted by molar-refractivity contribution is 5.95. The van der Waals surface area contributed by atoms with Crippen molar-refractivity contribution < 1.29 is 4.79 Å². The first kappa shape index (κ1) is 12.1. The van der Waals surface area contributed by atoms with Gasteiger partial charge in [-0.2, -0.15) is 0 Å². The Morgan fingerprint density at radius 2 is 2.24 bits per heavy atom. The van der Waals surface area contributed by atoms with Crippen LogP contribution >= 0.6 is 0 Å². The van der Waals surface area contributed by atoms with Gasteiger partial charge in [-0.25, -0.2) is 0 Å². The summed E-state index contributed by atoms with van der Waals surface area (Å²) in [5.74, 6) is 0.760. The van der Waals surface area contributed by atoms with Crippen LogP contribution in [0.5, 0.6) is 0 Å². The maximum absolute atomic E-state index is 12.3. The molecule has 0 bridgehead atoms. The van der Waals surface area contributed by atoms with Gasteiger partial charge >= 0.3 is 0 Å². The van der Waals surface area contributed by atoms with Crippen LogP contribution < -0.4 is 5.73 Å². The van der Waals surface area contributed by atoms with Crippen LogP contribution in [-0.2, 0) is 0 Å². The number of hydrogen-bond acceptors (Lipinski definition) is 2. The Morgan fingerprint density at radius 1 is 1.47 bits per heavy atom. The maximum Gasteiger partial charge on any atom is 0.254 e. The normalized spacial score (nSPS) is 19.6. The predicted molar refractivity (Wildman–Crippen MR) is 68.9 cm³/mol. The summed E-state index contributed by atoms with van der Waals surface area (Å²) in [6, 6.07) is 7.79. The lowest BCUT2D eigenvalue weighted by atomic mass is 10.1. The summed E-state index contributed by atoms with van der Waals surface area (Å²) in [6.07, 6.45) is 2.12. The van der Waals surface area contributed by atoms with Gasteiger partial charge in [0.2, 0.25) is 0 Å². The molecule has 3 heteroatoms. The van der Waals surface area contributed by atoms with Crippen molar-refractivity contribution in [1.29, 1.82) is 0 Å². The number of rotatable bonds is 3. The molecule has 0 spiro atoms. The third-order valence-corrected chi connectivity index (χ3v) is 3.52. The van der Waals surface area contributed by atoms with Crippen LogP contribution in [0.15, 0.2) is 24.3 Å². The van der Waals surface area contributed by atoms with Crippen LogP contribution in [0.4, 0.5) is 0 Å². The summed E-state index contributed by atoms with van der Waals surface area (Å²) < 4.78 is 0. The Balaban J connectivity index is 2.05. The minimum absolute atomic E-state index is 0.169. The number of nitrogens with zero attached hydrogens (tertiary/aromatic N) is 1. The largest absolute Gasteiger partial charge is 0.338 e. The molecule has 1 aliphatic rings. The second kappa shape index (κ2) is 5.32. The second-order valence-electron chi connectivity index (χ2n) is 4.80. The molecule has 2 rings (SSSR count). The van der Waals surface area contributed by atoms with Gasteiger partial charge in [-0.3, -0.25) is 4.79 Å². The Labute approximate surface area is 103 Å². The predicted octanol–water partition coefficient (Wildman–Crippen LogP) is 1.81. The van der Waals surface area contributed by atoms with E-state index in [1.165, 1.54) is 0 Å². The molecule has 0 saturated carbocycles. The average molecular weight is 232 g/mol. The van der Waals surface area contributed by atoms with E-state index in [-0.39, 0.29) is 5.91 Å². The van der Waals surface area contributed by atoms with Gasteiger partial charge in [-0.05, 0) is 43.9 Å². The SMILES string of the molecule is Cc1ccccc1C(=O)N1CCC(CCN)C1. The molecule has 17 heavy (non-hydrogen) atoms. The maximum atomic E-state index is 12.3. The van der Waals surface area contributed by atoms with E-state index >= 15 is 0 Å². The zero-order valence-electron chi connectivity index (χ0n) is 10.4. The van der Waals surface area contributed by atoms with E-state index in [0.29, 0.717) is 5.92 Å². The molecule has 1 aromatic rings. The highest BCUT2D eigenvalue weighted by Gasteiger charge is 2.26. The highest BCUT2D eigenvalue weighted by Crippen LogP contribution is 2.21. The van der Waals surface area contributed by atoms with E-state index in [2.05, 4.69) is 0 Å². The zero-order chi connectivity index (χ0) is 12.3. The molecule has 1 saturated heterocycles. The van der Waals surface area contributed by atoms with Crippen molar-refractivity contribution in [2.45, 2.75) is 19.8 Å². The minimum atomic E-state index is 0.169. The fourth-order valence-electron chi connectivity index (χ4n) is 2.47.